The van der Waals surface area contributed by atoms with Gasteiger partial charge in [-0.05, 0) is 20.8 Å². The molecule has 88 valence electrons. The normalized spacial score (nSPS) is 12.2. The van der Waals surface area contributed by atoms with Crippen molar-refractivity contribution in [2.75, 3.05) is 26.3 Å². The average molecular weight is 214 g/mol. The van der Waals surface area contributed by atoms with E-state index in [4.69, 9.17) is 4.74 Å². The fourth-order valence-electron chi connectivity index (χ4n) is 1.01. The maximum atomic E-state index is 11.3. The zero-order valence-corrected chi connectivity index (χ0v) is 9.93. The van der Waals surface area contributed by atoms with Gasteiger partial charge in [-0.2, -0.15) is 0 Å². The van der Waals surface area contributed by atoms with Crippen molar-refractivity contribution >= 4 is 5.91 Å². The van der Waals surface area contributed by atoms with E-state index in [1.54, 1.807) is 0 Å². The van der Waals surface area contributed by atoms with Crippen LogP contribution in [0.2, 0.25) is 0 Å². The smallest absolute Gasteiger partial charge is 0.236 e. The van der Waals surface area contributed by atoms with Gasteiger partial charge in [0.1, 0.15) is 0 Å². The number of carbonyl (C=O) groups is 1. The van der Waals surface area contributed by atoms with E-state index in [0.717, 1.165) is 5.57 Å². The number of hydrogen-bond donors (Lipinski definition) is 2. The Kier molecular flexibility index (Phi) is 7.95. The highest BCUT2D eigenvalue weighted by Crippen LogP contribution is 1.87. The van der Waals surface area contributed by atoms with Crippen LogP contribution in [0, 0.1) is 0 Å². The highest BCUT2D eigenvalue weighted by Gasteiger charge is 2.09. The Morgan fingerprint density at radius 3 is 2.73 bits per heavy atom. The van der Waals surface area contributed by atoms with Crippen LogP contribution < -0.4 is 10.6 Å². The Bertz CT molecular complexity index is 205. The lowest BCUT2D eigenvalue weighted by Gasteiger charge is -2.13. The first kappa shape index (κ1) is 14.1. The van der Waals surface area contributed by atoms with Crippen LogP contribution in [0.1, 0.15) is 20.8 Å². The van der Waals surface area contributed by atoms with Crippen LogP contribution in [0.5, 0.6) is 0 Å². The molecule has 0 spiro atoms. The first-order valence-corrected chi connectivity index (χ1v) is 5.31. The summed E-state index contributed by atoms with van der Waals surface area (Å²) in [6.07, 6.45) is 0. The SMILES string of the molecule is C=C(C)COCCNC(C)C(=O)NCC. The topological polar surface area (TPSA) is 50.4 Å². The van der Waals surface area contributed by atoms with Crippen molar-refractivity contribution in [3.63, 3.8) is 0 Å². The second kappa shape index (κ2) is 8.44. The van der Waals surface area contributed by atoms with Crippen molar-refractivity contribution < 1.29 is 9.53 Å². The fourth-order valence-corrected chi connectivity index (χ4v) is 1.01. The molecule has 2 N–H and O–H groups in total. The van der Waals surface area contributed by atoms with E-state index in [9.17, 15) is 4.79 Å². The van der Waals surface area contributed by atoms with Crippen LogP contribution in [0.25, 0.3) is 0 Å². The van der Waals surface area contributed by atoms with Gasteiger partial charge in [-0.15, -0.1) is 0 Å². The molecule has 1 unspecified atom stereocenters. The predicted molar refractivity (Wildman–Crippen MR) is 61.8 cm³/mol. The van der Waals surface area contributed by atoms with E-state index in [1.807, 2.05) is 20.8 Å². The zero-order chi connectivity index (χ0) is 11.7. The van der Waals surface area contributed by atoms with Gasteiger partial charge in [0.2, 0.25) is 5.91 Å². The lowest BCUT2D eigenvalue weighted by atomic mass is 10.3. The van der Waals surface area contributed by atoms with Crippen molar-refractivity contribution in [2.45, 2.75) is 26.8 Å². The summed E-state index contributed by atoms with van der Waals surface area (Å²) in [6, 6.07) is -0.168. The predicted octanol–water partition coefficient (Wildman–Crippen LogP) is 0.693. The maximum Gasteiger partial charge on any atom is 0.236 e. The van der Waals surface area contributed by atoms with Gasteiger partial charge < -0.3 is 15.4 Å². The van der Waals surface area contributed by atoms with Crippen LogP contribution in [0.4, 0.5) is 0 Å². The molecule has 0 heterocycles. The molecule has 0 aliphatic heterocycles. The molecule has 1 amide bonds. The Labute approximate surface area is 92.1 Å². The van der Waals surface area contributed by atoms with E-state index in [1.165, 1.54) is 0 Å². The van der Waals surface area contributed by atoms with Gasteiger partial charge >= 0.3 is 0 Å². The van der Waals surface area contributed by atoms with Gasteiger partial charge in [-0.3, -0.25) is 4.79 Å². The molecule has 15 heavy (non-hydrogen) atoms. The van der Waals surface area contributed by atoms with E-state index in [2.05, 4.69) is 17.2 Å². The van der Waals surface area contributed by atoms with Crippen LogP contribution in [-0.2, 0) is 9.53 Å². The summed E-state index contributed by atoms with van der Waals surface area (Å²) in [4.78, 5) is 11.3. The number of amides is 1. The minimum atomic E-state index is -0.168. The van der Waals surface area contributed by atoms with Crippen molar-refractivity contribution in [3.05, 3.63) is 12.2 Å². The molecule has 0 aliphatic rings. The molecule has 0 rings (SSSR count). The number of hydrogen-bond acceptors (Lipinski definition) is 3. The lowest BCUT2D eigenvalue weighted by molar-refractivity contribution is -0.122. The van der Waals surface area contributed by atoms with Crippen LogP contribution >= 0.6 is 0 Å². The Balaban J connectivity index is 3.42. The Hall–Kier alpha value is -0.870. The third-order valence-corrected chi connectivity index (χ3v) is 1.79. The Morgan fingerprint density at radius 1 is 1.53 bits per heavy atom. The number of nitrogens with one attached hydrogen (secondary N) is 2. The Morgan fingerprint density at radius 2 is 2.20 bits per heavy atom. The fraction of sp³-hybridized carbons (Fsp3) is 0.727. The van der Waals surface area contributed by atoms with E-state index < -0.39 is 0 Å². The molecule has 0 aromatic heterocycles. The quantitative estimate of drug-likeness (QED) is 0.462. The summed E-state index contributed by atoms with van der Waals surface area (Å²) in [5, 5.41) is 5.82. The summed E-state index contributed by atoms with van der Waals surface area (Å²) in [5.74, 6) is 0.0254. The molecule has 0 aliphatic carbocycles. The molecule has 0 bridgehead atoms. The minimum absolute atomic E-state index is 0.0254. The average Bonchev–Trinajstić information content (AvgIpc) is 2.16. The molecule has 0 radical (unpaired) electrons. The summed E-state index contributed by atoms with van der Waals surface area (Å²) in [5.41, 5.74) is 1.01. The van der Waals surface area contributed by atoms with Gasteiger partial charge in [0.25, 0.3) is 0 Å². The molecular formula is C11H22N2O2. The molecule has 0 aromatic rings. The monoisotopic (exact) mass is 214 g/mol. The standard InChI is InChI=1S/C11H22N2O2/c1-5-12-11(14)10(4)13-6-7-15-8-9(2)3/h10,13H,2,5-8H2,1,3-4H3,(H,12,14). The van der Waals surface area contributed by atoms with Gasteiger partial charge in [0.15, 0.2) is 0 Å². The van der Waals surface area contributed by atoms with Crippen LogP contribution in [-0.4, -0.2) is 38.3 Å². The number of likely N-dealkylation sites (N-methyl/N-ethyl adjacent to an activating group) is 1. The summed E-state index contributed by atoms with van der Waals surface area (Å²) >= 11 is 0. The number of carbonyl (C=O) groups excluding carboxylic acids is 1. The molecule has 4 nitrogen and oxygen atoms in total. The minimum Gasteiger partial charge on any atom is -0.376 e. The van der Waals surface area contributed by atoms with Crippen LogP contribution in [0.3, 0.4) is 0 Å². The van der Waals surface area contributed by atoms with Crippen molar-refractivity contribution in [2.24, 2.45) is 0 Å². The second-order valence-electron chi connectivity index (χ2n) is 3.58. The largest absolute Gasteiger partial charge is 0.376 e. The van der Waals surface area contributed by atoms with Crippen molar-refractivity contribution in [3.8, 4) is 0 Å². The van der Waals surface area contributed by atoms with E-state index in [0.29, 0.717) is 26.3 Å². The van der Waals surface area contributed by atoms with Gasteiger partial charge in [0.05, 0.1) is 19.3 Å². The van der Waals surface area contributed by atoms with E-state index in [-0.39, 0.29) is 11.9 Å². The molecular weight excluding hydrogens is 192 g/mol. The third-order valence-electron chi connectivity index (χ3n) is 1.79. The maximum absolute atomic E-state index is 11.3. The van der Waals surface area contributed by atoms with Gasteiger partial charge in [-0.25, -0.2) is 0 Å². The summed E-state index contributed by atoms with van der Waals surface area (Å²) in [6.45, 7) is 11.9. The zero-order valence-electron chi connectivity index (χ0n) is 9.93. The lowest BCUT2D eigenvalue weighted by Crippen LogP contribution is -2.43. The first-order valence-electron chi connectivity index (χ1n) is 5.31. The number of ether oxygens (including phenoxy) is 1. The summed E-state index contributed by atoms with van der Waals surface area (Å²) in [7, 11) is 0. The molecule has 4 heteroatoms. The van der Waals surface area contributed by atoms with Crippen LogP contribution in [0.15, 0.2) is 12.2 Å². The van der Waals surface area contributed by atoms with Gasteiger partial charge in [0, 0.05) is 13.1 Å². The molecule has 0 saturated heterocycles. The van der Waals surface area contributed by atoms with Crippen molar-refractivity contribution in [1.29, 1.82) is 0 Å². The highest BCUT2D eigenvalue weighted by molar-refractivity contribution is 5.81. The molecule has 0 fully saturated rings. The second-order valence-corrected chi connectivity index (χ2v) is 3.58. The highest BCUT2D eigenvalue weighted by atomic mass is 16.5. The third kappa shape index (κ3) is 8.15. The van der Waals surface area contributed by atoms with E-state index >= 15 is 0 Å². The molecule has 1 atom stereocenters. The van der Waals surface area contributed by atoms with Gasteiger partial charge in [-0.1, -0.05) is 12.2 Å². The molecule has 0 aromatic carbocycles. The summed E-state index contributed by atoms with van der Waals surface area (Å²) < 4.78 is 5.29. The molecule has 0 saturated carbocycles. The number of rotatable bonds is 8. The first-order chi connectivity index (χ1) is 7.07. The van der Waals surface area contributed by atoms with Crippen molar-refractivity contribution in [1.82, 2.24) is 10.6 Å².